The number of carbonyl (C=O) groups excluding carboxylic acids is 1. The van der Waals surface area contributed by atoms with Gasteiger partial charge >= 0.3 is 5.97 Å². The van der Waals surface area contributed by atoms with E-state index >= 15 is 0 Å². The lowest BCUT2D eigenvalue weighted by molar-refractivity contribution is -0.332. The lowest BCUT2D eigenvalue weighted by Gasteiger charge is -2.42. The highest BCUT2D eigenvalue weighted by Gasteiger charge is 2.47. The number of ether oxygens (including phenoxy) is 6. The zero-order valence-corrected chi connectivity index (χ0v) is 41.5. The molecule has 2 rings (SSSR count). The average molecular weight is 973 g/mol. The van der Waals surface area contributed by atoms with Gasteiger partial charge in [0, 0.05) is 6.42 Å². The van der Waals surface area contributed by atoms with Gasteiger partial charge in [-0.05, 0) is 83.5 Å². The third-order valence-corrected chi connectivity index (χ3v) is 11.3. The van der Waals surface area contributed by atoms with Crippen molar-refractivity contribution in [1.82, 2.24) is 0 Å². The van der Waals surface area contributed by atoms with Crippen LogP contribution in [0.2, 0.25) is 0 Å². The molecule has 0 saturated carbocycles. The van der Waals surface area contributed by atoms with Crippen LogP contribution in [0.25, 0.3) is 0 Å². The van der Waals surface area contributed by atoms with Crippen LogP contribution >= 0.6 is 0 Å². The van der Waals surface area contributed by atoms with Gasteiger partial charge in [-0.3, -0.25) is 4.79 Å². The van der Waals surface area contributed by atoms with Crippen LogP contribution in [-0.2, 0) is 33.2 Å². The van der Waals surface area contributed by atoms with E-state index in [2.05, 4.69) is 117 Å². The molecule has 0 amide bonds. The number of esters is 1. The van der Waals surface area contributed by atoms with E-state index in [9.17, 15) is 40.5 Å². The van der Waals surface area contributed by atoms with Crippen molar-refractivity contribution in [2.24, 2.45) is 0 Å². The summed E-state index contributed by atoms with van der Waals surface area (Å²) in [6.07, 6.45) is 38.8. The maximum Gasteiger partial charge on any atom is 0.306 e. The molecule has 2 aliphatic heterocycles. The summed E-state index contributed by atoms with van der Waals surface area (Å²) >= 11 is 0. The van der Waals surface area contributed by atoms with E-state index < -0.39 is 86.7 Å². The van der Waals surface area contributed by atoms with Gasteiger partial charge in [0.05, 0.1) is 33.0 Å². The summed E-state index contributed by atoms with van der Waals surface area (Å²) in [6.45, 7) is 3.18. The monoisotopic (exact) mass is 973 g/mol. The predicted molar refractivity (Wildman–Crippen MR) is 270 cm³/mol. The van der Waals surface area contributed by atoms with Crippen LogP contribution in [0.4, 0.5) is 0 Å². The maximum absolute atomic E-state index is 13.0. The van der Waals surface area contributed by atoms with Gasteiger partial charge in [-0.25, -0.2) is 0 Å². The van der Waals surface area contributed by atoms with Gasteiger partial charge < -0.3 is 64.2 Å². The minimum atomic E-state index is -1.73. The Morgan fingerprint density at radius 2 is 0.899 bits per heavy atom. The van der Waals surface area contributed by atoms with Crippen LogP contribution in [0.1, 0.15) is 129 Å². The number of hydrogen-bond acceptors (Lipinski definition) is 14. The molecule has 0 aromatic carbocycles. The number of allylic oxidation sites excluding steroid dienone is 17. The molecular formula is C55H88O14. The highest BCUT2D eigenvalue weighted by atomic mass is 16.7. The van der Waals surface area contributed by atoms with E-state index in [0.717, 1.165) is 96.3 Å². The first-order valence-corrected chi connectivity index (χ1v) is 25.5. The molecule has 392 valence electrons. The van der Waals surface area contributed by atoms with Crippen molar-refractivity contribution in [2.45, 2.75) is 197 Å². The van der Waals surface area contributed by atoms with Crippen molar-refractivity contribution >= 4 is 5.97 Å². The van der Waals surface area contributed by atoms with E-state index in [1.54, 1.807) is 0 Å². The van der Waals surface area contributed by atoms with E-state index in [1.165, 1.54) is 0 Å². The fraction of sp³-hybridized carbons (Fsp3) is 0.655. The molecule has 0 aromatic rings. The SMILES string of the molecule is CC/C=C\C/C=C\C/C=C\C/C=C\C/C=C\CCOCC(COC1OC(COC2OC(CO)C(O)C(O)C2O)C(O)C(O)C1O)OC(=O)CCCCCCCC/C=C\C/C=C\C/C=C\C/C=C\CC. The molecule has 0 aromatic heterocycles. The Morgan fingerprint density at radius 1 is 0.478 bits per heavy atom. The molecule has 0 spiro atoms. The summed E-state index contributed by atoms with van der Waals surface area (Å²) in [5.41, 5.74) is 0. The molecule has 0 bridgehead atoms. The van der Waals surface area contributed by atoms with Crippen molar-refractivity contribution in [1.29, 1.82) is 0 Å². The van der Waals surface area contributed by atoms with Crippen LogP contribution in [0, 0.1) is 0 Å². The third-order valence-electron chi connectivity index (χ3n) is 11.3. The molecule has 7 N–H and O–H groups in total. The van der Waals surface area contributed by atoms with Crippen LogP contribution in [0.5, 0.6) is 0 Å². The minimum Gasteiger partial charge on any atom is -0.457 e. The predicted octanol–water partition coefficient (Wildman–Crippen LogP) is 7.62. The van der Waals surface area contributed by atoms with Crippen molar-refractivity contribution in [3.8, 4) is 0 Å². The molecular weight excluding hydrogens is 885 g/mol. The number of rotatable bonds is 38. The van der Waals surface area contributed by atoms with Crippen molar-refractivity contribution in [3.63, 3.8) is 0 Å². The van der Waals surface area contributed by atoms with E-state index in [0.29, 0.717) is 19.4 Å². The number of hydrogen-bond donors (Lipinski definition) is 7. The fourth-order valence-corrected chi connectivity index (χ4v) is 7.22. The van der Waals surface area contributed by atoms with Crippen molar-refractivity contribution < 1.29 is 69.0 Å². The van der Waals surface area contributed by atoms with Gasteiger partial charge in [0.15, 0.2) is 12.6 Å². The maximum atomic E-state index is 13.0. The Kier molecular flexibility index (Phi) is 37.0. The Hall–Kier alpha value is -3.35. The van der Waals surface area contributed by atoms with Gasteiger partial charge in [-0.1, -0.05) is 149 Å². The number of aliphatic hydroxyl groups is 7. The van der Waals surface area contributed by atoms with Crippen LogP contribution < -0.4 is 0 Å². The summed E-state index contributed by atoms with van der Waals surface area (Å²) in [7, 11) is 0. The lowest BCUT2D eigenvalue weighted by Crippen LogP contribution is -2.61. The lowest BCUT2D eigenvalue weighted by atomic mass is 9.98. The second kappa shape index (κ2) is 41.3. The summed E-state index contributed by atoms with van der Waals surface area (Å²) in [6, 6.07) is 0. The smallest absolute Gasteiger partial charge is 0.306 e. The third kappa shape index (κ3) is 28.9. The number of carbonyl (C=O) groups is 1. The number of unbranched alkanes of at least 4 members (excludes halogenated alkanes) is 6. The Morgan fingerprint density at radius 3 is 1.41 bits per heavy atom. The molecule has 2 aliphatic rings. The van der Waals surface area contributed by atoms with Crippen LogP contribution in [-0.4, -0.2) is 142 Å². The van der Waals surface area contributed by atoms with Crippen LogP contribution in [0.3, 0.4) is 0 Å². The first kappa shape index (κ1) is 61.8. The molecule has 0 radical (unpaired) electrons. The molecule has 2 fully saturated rings. The summed E-state index contributed by atoms with van der Waals surface area (Å²) in [4.78, 5) is 13.0. The first-order valence-electron chi connectivity index (χ1n) is 25.5. The molecule has 14 nitrogen and oxygen atoms in total. The van der Waals surface area contributed by atoms with E-state index in [1.807, 2.05) is 6.08 Å². The quantitative estimate of drug-likeness (QED) is 0.0180. The first-order chi connectivity index (χ1) is 33.6. The molecule has 0 aliphatic carbocycles. The van der Waals surface area contributed by atoms with Gasteiger partial charge in [0.2, 0.25) is 0 Å². The zero-order valence-electron chi connectivity index (χ0n) is 41.5. The highest BCUT2D eigenvalue weighted by molar-refractivity contribution is 5.69. The molecule has 14 heteroatoms. The zero-order chi connectivity index (χ0) is 50.2. The molecule has 2 heterocycles. The summed E-state index contributed by atoms with van der Waals surface area (Å²) in [5.74, 6) is -0.421. The summed E-state index contributed by atoms with van der Waals surface area (Å²) < 4.78 is 34.1. The molecule has 11 unspecified atom stereocenters. The Labute approximate surface area is 413 Å². The van der Waals surface area contributed by atoms with Crippen LogP contribution in [0.15, 0.2) is 109 Å². The largest absolute Gasteiger partial charge is 0.457 e. The standard InChI is InChI=1S/C55H88O14/c1-3-5-7-9-11-13-15-17-19-21-22-23-24-26-28-30-32-34-36-38-47(57)67-44(41-64-39-37-35-33-31-29-27-25-20-18-16-14-12-10-8-6-4-2)42-65-54-53(63)51(61)49(59)46(69-54)43-66-55-52(62)50(60)48(58)45(40-56)68-55/h5-8,11-14,17-20,22-23,27,29,33,35,44-46,48-56,58-63H,3-4,9-10,15-16,21,24-26,28,30-32,34,36-43H2,1-2H3/b7-5-,8-6-,13-11-,14-12-,19-17-,20-18-,23-22-,29-27-,35-33-. The highest BCUT2D eigenvalue weighted by Crippen LogP contribution is 2.26. The van der Waals surface area contributed by atoms with Gasteiger partial charge in [-0.15, -0.1) is 0 Å². The topological polar surface area (TPSA) is 214 Å². The molecule has 11 atom stereocenters. The van der Waals surface area contributed by atoms with Gasteiger partial charge in [0.25, 0.3) is 0 Å². The average Bonchev–Trinajstić information content (AvgIpc) is 3.35. The Bertz CT molecular complexity index is 1550. The second-order valence-electron chi connectivity index (χ2n) is 17.2. The summed E-state index contributed by atoms with van der Waals surface area (Å²) in [5, 5.41) is 72.1. The molecule has 2 saturated heterocycles. The van der Waals surface area contributed by atoms with Crippen molar-refractivity contribution in [2.75, 3.05) is 33.0 Å². The normalized spacial score (nSPS) is 26.6. The van der Waals surface area contributed by atoms with Crippen molar-refractivity contribution in [3.05, 3.63) is 109 Å². The second-order valence-corrected chi connectivity index (χ2v) is 17.2. The van der Waals surface area contributed by atoms with E-state index in [4.69, 9.17) is 28.4 Å². The number of aliphatic hydroxyl groups excluding tert-OH is 7. The van der Waals surface area contributed by atoms with Gasteiger partial charge in [0.1, 0.15) is 54.9 Å². The fourth-order valence-electron chi connectivity index (χ4n) is 7.22. The van der Waals surface area contributed by atoms with E-state index in [-0.39, 0.29) is 19.6 Å². The van der Waals surface area contributed by atoms with Gasteiger partial charge in [-0.2, -0.15) is 0 Å². The molecule has 69 heavy (non-hydrogen) atoms. The minimum absolute atomic E-state index is 0.00658. The Balaban J connectivity index is 1.81.